The van der Waals surface area contributed by atoms with Crippen molar-refractivity contribution in [2.45, 2.75) is 6.18 Å². The molecule has 0 saturated carbocycles. The molecule has 0 spiro atoms. The first-order chi connectivity index (χ1) is 6.84. The molecule has 0 amide bonds. The number of halogens is 3. The van der Waals surface area contributed by atoms with Crippen LogP contribution >= 0.6 is 0 Å². The Hall–Kier alpha value is -1.99. The first kappa shape index (κ1) is 13.0. The first-order valence-corrected chi connectivity index (χ1v) is 3.40. The van der Waals surface area contributed by atoms with Crippen LogP contribution in [-0.4, -0.2) is 27.2 Å². The summed E-state index contributed by atoms with van der Waals surface area (Å²) < 4.78 is 31.7. The number of carbonyl (C=O) groups is 1. The van der Waals surface area contributed by atoms with E-state index in [0.29, 0.717) is 0 Å². The number of carboxylic acid groups (broad SMARTS) is 1. The van der Waals surface area contributed by atoms with E-state index < -0.39 is 12.1 Å². The molecule has 0 bridgehead atoms. The molecule has 0 atom stereocenters. The highest BCUT2D eigenvalue weighted by Gasteiger charge is 2.38. The molecule has 82 valence electrons. The third-order valence-corrected chi connectivity index (χ3v) is 0.887. The van der Waals surface area contributed by atoms with E-state index in [1.807, 2.05) is 0 Å². The van der Waals surface area contributed by atoms with Crippen molar-refractivity contribution in [1.82, 2.24) is 9.97 Å². The summed E-state index contributed by atoms with van der Waals surface area (Å²) in [7, 11) is 0. The van der Waals surface area contributed by atoms with Crippen LogP contribution in [-0.2, 0) is 4.79 Å². The number of aliphatic carboxylic acids is 1. The predicted molar refractivity (Wildman–Crippen MR) is 42.0 cm³/mol. The topological polar surface area (TPSA) is 80.1 Å². The second-order valence-corrected chi connectivity index (χ2v) is 2.04. The molecule has 1 N–H and O–H groups in total. The molecule has 0 aliphatic rings. The Kier molecular flexibility index (Phi) is 4.93. The number of hydrogen-bond donors (Lipinski definition) is 1. The Balaban J connectivity index is 0.000000265. The highest BCUT2D eigenvalue weighted by molar-refractivity contribution is 5.73. The highest BCUT2D eigenvalue weighted by Crippen LogP contribution is 2.13. The van der Waals surface area contributed by atoms with Crippen molar-refractivity contribution in [2.24, 2.45) is 0 Å². The molecule has 1 aromatic rings. The first-order valence-electron chi connectivity index (χ1n) is 3.40. The monoisotopic (exact) mass is 222 g/mol. The smallest absolute Gasteiger partial charge is 0.475 e. The number of hydrogen-bond acceptors (Lipinski definition) is 4. The van der Waals surface area contributed by atoms with Crippen molar-refractivity contribution < 1.29 is 23.1 Å². The van der Waals surface area contributed by atoms with Crippen LogP contribution in [0.5, 0.6) is 0 Å². The maximum absolute atomic E-state index is 10.6. The minimum Gasteiger partial charge on any atom is -0.475 e. The van der Waals surface area contributed by atoms with Gasteiger partial charge in [-0.2, -0.15) is 13.2 Å². The molecule has 0 aliphatic heterocycles. The molecule has 8 heteroatoms. The molecule has 5 nitrogen and oxygen atoms in total. The second-order valence-electron chi connectivity index (χ2n) is 2.04. The van der Waals surface area contributed by atoms with Gasteiger partial charge in [-0.1, -0.05) is 0 Å². The molecule has 1 heterocycles. The summed E-state index contributed by atoms with van der Waals surface area (Å²) >= 11 is 0. The molecule has 0 radical (unpaired) electrons. The average molecular weight is 222 g/mol. The van der Waals surface area contributed by atoms with Gasteiger partial charge in [0.1, 0.15) is 0 Å². The fourth-order valence-corrected chi connectivity index (χ4v) is 0.345. The maximum Gasteiger partial charge on any atom is 0.490 e. The van der Waals surface area contributed by atoms with Crippen LogP contribution < -0.4 is 5.56 Å². The lowest BCUT2D eigenvalue weighted by Gasteiger charge is -1.93. The van der Waals surface area contributed by atoms with Crippen LogP contribution in [0, 0.1) is 0 Å². The molecule has 15 heavy (non-hydrogen) atoms. The minimum atomic E-state index is -5.08. The number of carboxylic acids is 1. The van der Waals surface area contributed by atoms with E-state index in [4.69, 9.17) is 9.90 Å². The largest absolute Gasteiger partial charge is 0.490 e. The van der Waals surface area contributed by atoms with Gasteiger partial charge < -0.3 is 5.11 Å². The van der Waals surface area contributed by atoms with Crippen LogP contribution in [0.4, 0.5) is 13.2 Å². The van der Waals surface area contributed by atoms with Gasteiger partial charge in [0, 0.05) is 12.4 Å². The molecule has 1 aromatic heterocycles. The van der Waals surface area contributed by atoms with Crippen LogP contribution in [0.3, 0.4) is 0 Å². The van der Waals surface area contributed by atoms with Crippen molar-refractivity contribution in [3.63, 3.8) is 0 Å². The zero-order valence-electron chi connectivity index (χ0n) is 7.10. The maximum atomic E-state index is 10.6. The van der Waals surface area contributed by atoms with Gasteiger partial charge in [-0.3, -0.25) is 9.78 Å². The summed E-state index contributed by atoms with van der Waals surface area (Å²) in [6.45, 7) is 0. The number of nitrogens with zero attached hydrogens (tertiary/aromatic N) is 2. The normalized spacial score (nSPS) is 9.80. The van der Waals surface area contributed by atoms with Crippen molar-refractivity contribution in [3.8, 4) is 0 Å². The Labute approximate surface area is 81.2 Å². The Morgan fingerprint density at radius 3 is 2.33 bits per heavy atom. The van der Waals surface area contributed by atoms with Gasteiger partial charge >= 0.3 is 12.1 Å². The molecule has 0 fully saturated rings. The van der Waals surface area contributed by atoms with E-state index >= 15 is 0 Å². The molecular formula is C7H5F3N2O3. The lowest BCUT2D eigenvalue weighted by atomic mass is 10.7. The lowest BCUT2D eigenvalue weighted by Crippen LogP contribution is -2.21. The summed E-state index contributed by atoms with van der Waals surface area (Å²) in [4.78, 5) is 26.2. The summed E-state index contributed by atoms with van der Waals surface area (Å²) in [6.07, 6.45) is -0.996. The Bertz CT molecular complexity index is 358. The van der Waals surface area contributed by atoms with Crippen molar-refractivity contribution in [3.05, 3.63) is 35.0 Å². The zero-order valence-corrected chi connectivity index (χ0v) is 7.10. The van der Waals surface area contributed by atoms with Crippen molar-refractivity contribution in [2.75, 3.05) is 0 Å². The SMILES string of the molecule is O=C(O)C(F)(F)F.O=c1cncccn1. The van der Waals surface area contributed by atoms with E-state index in [1.54, 1.807) is 6.07 Å². The third-order valence-electron chi connectivity index (χ3n) is 0.887. The fraction of sp³-hybridized carbons (Fsp3) is 0.143. The van der Waals surface area contributed by atoms with Gasteiger partial charge in [-0.25, -0.2) is 9.78 Å². The fourth-order valence-electron chi connectivity index (χ4n) is 0.345. The van der Waals surface area contributed by atoms with E-state index in [0.717, 1.165) is 0 Å². The number of rotatable bonds is 0. The molecule has 0 saturated heterocycles. The second kappa shape index (κ2) is 5.68. The summed E-state index contributed by atoms with van der Waals surface area (Å²) in [6, 6.07) is 1.60. The quantitative estimate of drug-likeness (QED) is 0.690. The molecular weight excluding hydrogens is 217 g/mol. The lowest BCUT2D eigenvalue weighted by molar-refractivity contribution is -0.192. The number of alkyl halides is 3. The van der Waals surface area contributed by atoms with Gasteiger partial charge in [0.2, 0.25) is 0 Å². The summed E-state index contributed by atoms with van der Waals surface area (Å²) in [5, 5.41) is 7.12. The minimum absolute atomic E-state index is 0.310. The van der Waals surface area contributed by atoms with Gasteiger partial charge in [-0.05, 0) is 6.07 Å². The van der Waals surface area contributed by atoms with Gasteiger partial charge in [0.15, 0.2) is 0 Å². The van der Waals surface area contributed by atoms with E-state index in [1.165, 1.54) is 18.6 Å². The highest BCUT2D eigenvalue weighted by atomic mass is 19.4. The van der Waals surface area contributed by atoms with E-state index in [2.05, 4.69) is 9.97 Å². The van der Waals surface area contributed by atoms with E-state index in [9.17, 15) is 18.0 Å². The van der Waals surface area contributed by atoms with Crippen LogP contribution in [0.15, 0.2) is 29.5 Å². The van der Waals surface area contributed by atoms with Crippen LogP contribution in [0.25, 0.3) is 0 Å². The molecule has 0 unspecified atom stereocenters. The molecule has 0 aromatic carbocycles. The van der Waals surface area contributed by atoms with E-state index in [-0.39, 0.29) is 5.56 Å². The molecule has 0 aliphatic carbocycles. The summed E-state index contributed by atoms with van der Waals surface area (Å²) in [5.41, 5.74) is -0.310. The van der Waals surface area contributed by atoms with Crippen molar-refractivity contribution in [1.29, 1.82) is 0 Å². The third kappa shape index (κ3) is 7.11. The van der Waals surface area contributed by atoms with Gasteiger partial charge in [-0.15, -0.1) is 0 Å². The predicted octanol–water partition coefficient (Wildman–Crippen LogP) is 0.470. The standard InChI is InChI=1S/C5H4N2O.C2HF3O2/c8-5-4-6-2-1-3-7-5;3-2(4,5)1(6)7/h1-4H;(H,6,7). The summed E-state index contributed by atoms with van der Waals surface area (Å²) in [5.74, 6) is -2.76. The van der Waals surface area contributed by atoms with Crippen LogP contribution in [0.1, 0.15) is 0 Å². The Morgan fingerprint density at radius 2 is 1.87 bits per heavy atom. The van der Waals surface area contributed by atoms with Crippen LogP contribution in [0.2, 0.25) is 0 Å². The van der Waals surface area contributed by atoms with Gasteiger partial charge in [0.05, 0.1) is 6.20 Å². The van der Waals surface area contributed by atoms with Crippen molar-refractivity contribution >= 4 is 5.97 Å². The zero-order chi connectivity index (χ0) is 11.9. The Morgan fingerprint density at radius 1 is 1.33 bits per heavy atom. The molecule has 1 rings (SSSR count). The average Bonchev–Trinajstić information content (AvgIpc) is 2.32. The van der Waals surface area contributed by atoms with Gasteiger partial charge in [0.25, 0.3) is 5.56 Å². The number of aromatic nitrogens is 2.